The van der Waals surface area contributed by atoms with E-state index in [-0.39, 0.29) is 24.6 Å². The second kappa shape index (κ2) is 8.35. The summed E-state index contributed by atoms with van der Waals surface area (Å²) < 4.78 is 6.12. The van der Waals surface area contributed by atoms with Crippen molar-refractivity contribution in [2.75, 3.05) is 38.2 Å². The van der Waals surface area contributed by atoms with E-state index in [4.69, 9.17) is 4.74 Å². The summed E-state index contributed by atoms with van der Waals surface area (Å²) >= 11 is 1.58. The number of nitrogens with one attached hydrogen (secondary N) is 1. The monoisotopic (exact) mass is 376 g/mol. The van der Waals surface area contributed by atoms with Gasteiger partial charge in [0.25, 0.3) is 0 Å². The molecule has 2 heterocycles. The molecule has 2 amide bonds. The van der Waals surface area contributed by atoms with E-state index in [2.05, 4.69) is 10.3 Å². The highest BCUT2D eigenvalue weighted by molar-refractivity contribution is 7.22. The van der Waals surface area contributed by atoms with Crippen molar-refractivity contribution in [2.45, 2.75) is 25.8 Å². The van der Waals surface area contributed by atoms with E-state index in [9.17, 15) is 9.59 Å². The zero-order valence-corrected chi connectivity index (χ0v) is 15.9. The first-order chi connectivity index (χ1) is 12.6. The van der Waals surface area contributed by atoms with Crippen LogP contribution in [0.4, 0.5) is 9.93 Å². The number of piperidine rings is 1. The molecule has 3 rings (SSSR count). The number of nitrogens with zero attached hydrogens (tertiary/aromatic N) is 3. The van der Waals surface area contributed by atoms with Gasteiger partial charge < -0.3 is 19.9 Å². The third-order valence-electron chi connectivity index (χ3n) is 4.38. The number of rotatable bonds is 5. The van der Waals surface area contributed by atoms with Gasteiger partial charge in [-0.15, -0.1) is 0 Å². The molecule has 140 valence electrons. The van der Waals surface area contributed by atoms with Crippen molar-refractivity contribution in [3.05, 3.63) is 24.3 Å². The van der Waals surface area contributed by atoms with Crippen molar-refractivity contribution in [1.82, 2.24) is 15.2 Å². The van der Waals surface area contributed by atoms with E-state index in [1.165, 1.54) is 0 Å². The second-order valence-electron chi connectivity index (χ2n) is 6.35. The Labute approximate surface area is 156 Å². The van der Waals surface area contributed by atoms with Gasteiger partial charge in [0.1, 0.15) is 0 Å². The molecule has 1 N–H and O–H groups in total. The van der Waals surface area contributed by atoms with E-state index in [0.717, 1.165) is 28.2 Å². The minimum Gasteiger partial charge on any atom is -0.450 e. The minimum absolute atomic E-state index is 0.0265. The van der Waals surface area contributed by atoms with Gasteiger partial charge in [-0.25, -0.2) is 9.78 Å². The van der Waals surface area contributed by atoms with Crippen LogP contribution in [0.2, 0.25) is 0 Å². The molecule has 0 saturated carbocycles. The summed E-state index contributed by atoms with van der Waals surface area (Å²) in [6, 6.07) is 8.04. The molecule has 0 bridgehead atoms. The summed E-state index contributed by atoms with van der Waals surface area (Å²) in [6.45, 7) is 3.66. The molecule has 0 spiro atoms. The third-order valence-corrected chi connectivity index (χ3v) is 5.53. The van der Waals surface area contributed by atoms with Crippen LogP contribution in [0, 0.1) is 0 Å². The van der Waals surface area contributed by atoms with E-state index in [0.29, 0.717) is 19.7 Å². The molecule has 0 atom stereocenters. The van der Waals surface area contributed by atoms with Crippen LogP contribution in [0.3, 0.4) is 0 Å². The summed E-state index contributed by atoms with van der Waals surface area (Å²) in [7, 11) is 1.88. The topological polar surface area (TPSA) is 74.8 Å². The summed E-state index contributed by atoms with van der Waals surface area (Å²) in [4.78, 5) is 32.2. The first-order valence-electron chi connectivity index (χ1n) is 8.84. The van der Waals surface area contributed by atoms with E-state index in [1.807, 2.05) is 36.2 Å². The number of thiazole rings is 1. The fourth-order valence-corrected chi connectivity index (χ4v) is 3.93. The Bertz CT molecular complexity index is 738. The average molecular weight is 376 g/mol. The number of anilines is 1. The Balaban J connectivity index is 1.47. The quantitative estimate of drug-likeness (QED) is 0.868. The second-order valence-corrected chi connectivity index (χ2v) is 7.36. The van der Waals surface area contributed by atoms with Crippen LogP contribution in [0.25, 0.3) is 10.2 Å². The van der Waals surface area contributed by atoms with Gasteiger partial charge in [-0.2, -0.15) is 0 Å². The average Bonchev–Trinajstić information content (AvgIpc) is 3.07. The lowest BCUT2D eigenvalue weighted by Gasteiger charge is -2.31. The van der Waals surface area contributed by atoms with Crippen LogP contribution in [0.15, 0.2) is 24.3 Å². The number of hydrogen-bond donors (Lipinski definition) is 1. The molecule has 0 aliphatic carbocycles. The molecule has 0 radical (unpaired) electrons. The lowest BCUT2D eigenvalue weighted by molar-refractivity contribution is -0.120. The van der Waals surface area contributed by atoms with E-state index >= 15 is 0 Å². The molecule has 1 fully saturated rings. The van der Waals surface area contributed by atoms with Crippen molar-refractivity contribution in [3.8, 4) is 0 Å². The lowest BCUT2D eigenvalue weighted by atomic mass is 10.1. The number of para-hydroxylation sites is 1. The Morgan fingerprint density at radius 1 is 1.35 bits per heavy atom. The largest absolute Gasteiger partial charge is 0.450 e. The molecule has 7 nitrogen and oxygen atoms in total. The standard InChI is InChI=1S/C18H24N4O3S/c1-3-25-18(24)22-10-8-13(9-11-22)19-16(23)12-21(2)17-20-14-6-4-5-7-15(14)26-17/h4-7,13H,3,8-12H2,1-2H3,(H,19,23). The molecule has 1 aliphatic heterocycles. The number of amides is 2. The van der Waals surface area contributed by atoms with Crippen LogP contribution in [-0.4, -0.2) is 61.2 Å². The Hall–Kier alpha value is -2.35. The zero-order chi connectivity index (χ0) is 18.5. The summed E-state index contributed by atoms with van der Waals surface area (Å²) in [6.07, 6.45) is 1.22. The molecular weight excluding hydrogens is 352 g/mol. The number of aromatic nitrogens is 1. The van der Waals surface area contributed by atoms with Crippen LogP contribution in [0.1, 0.15) is 19.8 Å². The predicted octanol–water partition coefficient (Wildman–Crippen LogP) is 2.47. The molecule has 2 aromatic rings. The number of likely N-dealkylation sites (tertiary alicyclic amines) is 1. The van der Waals surface area contributed by atoms with Gasteiger partial charge in [-0.1, -0.05) is 23.5 Å². The maximum atomic E-state index is 12.3. The number of fused-ring (bicyclic) bond motifs is 1. The molecular formula is C18H24N4O3S. The van der Waals surface area contributed by atoms with E-state index in [1.54, 1.807) is 23.2 Å². The first-order valence-corrected chi connectivity index (χ1v) is 9.66. The Kier molecular flexibility index (Phi) is 5.92. The van der Waals surface area contributed by atoms with Crippen molar-refractivity contribution >= 4 is 38.7 Å². The third kappa shape index (κ3) is 4.43. The molecule has 8 heteroatoms. The molecule has 1 saturated heterocycles. The molecule has 1 aromatic heterocycles. The normalized spacial score (nSPS) is 15.1. The van der Waals surface area contributed by atoms with Gasteiger partial charge in [0, 0.05) is 26.2 Å². The number of hydrogen-bond acceptors (Lipinski definition) is 6. The van der Waals surface area contributed by atoms with Crippen LogP contribution in [-0.2, 0) is 9.53 Å². The highest BCUT2D eigenvalue weighted by Gasteiger charge is 2.25. The lowest BCUT2D eigenvalue weighted by Crippen LogP contribution is -2.48. The maximum absolute atomic E-state index is 12.3. The van der Waals surface area contributed by atoms with Gasteiger partial charge in [0.2, 0.25) is 5.91 Å². The maximum Gasteiger partial charge on any atom is 0.409 e. The van der Waals surface area contributed by atoms with Crippen LogP contribution >= 0.6 is 11.3 Å². The number of carbonyl (C=O) groups excluding carboxylic acids is 2. The fourth-order valence-electron chi connectivity index (χ4n) is 3.00. The summed E-state index contributed by atoms with van der Waals surface area (Å²) in [5, 5.41) is 3.89. The van der Waals surface area contributed by atoms with Gasteiger partial charge >= 0.3 is 6.09 Å². The van der Waals surface area contributed by atoms with Crippen molar-refractivity contribution in [3.63, 3.8) is 0 Å². The zero-order valence-electron chi connectivity index (χ0n) is 15.1. The highest BCUT2D eigenvalue weighted by Crippen LogP contribution is 2.27. The van der Waals surface area contributed by atoms with Crippen molar-refractivity contribution in [2.24, 2.45) is 0 Å². The highest BCUT2D eigenvalue weighted by atomic mass is 32.1. The predicted molar refractivity (Wildman–Crippen MR) is 103 cm³/mol. The van der Waals surface area contributed by atoms with Crippen molar-refractivity contribution < 1.29 is 14.3 Å². The molecule has 0 unspecified atom stereocenters. The molecule has 1 aliphatic rings. The number of carbonyl (C=O) groups is 2. The molecule has 1 aromatic carbocycles. The number of likely N-dealkylation sites (N-methyl/N-ethyl adjacent to an activating group) is 1. The smallest absolute Gasteiger partial charge is 0.409 e. The van der Waals surface area contributed by atoms with Crippen LogP contribution in [0.5, 0.6) is 0 Å². The van der Waals surface area contributed by atoms with Crippen LogP contribution < -0.4 is 10.2 Å². The number of ether oxygens (including phenoxy) is 1. The van der Waals surface area contributed by atoms with E-state index < -0.39 is 0 Å². The van der Waals surface area contributed by atoms with Gasteiger partial charge in [-0.3, -0.25) is 4.79 Å². The van der Waals surface area contributed by atoms with Gasteiger partial charge in [0.05, 0.1) is 23.4 Å². The van der Waals surface area contributed by atoms with Gasteiger partial charge in [0.15, 0.2) is 5.13 Å². The first kappa shape index (κ1) is 18.4. The summed E-state index contributed by atoms with van der Waals surface area (Å²) in [5.74, 6) is -0.0265. The Morgan fingerprint density at radius 2 is 2.08 bits per heavy atom. The number of benzene rings is 1. The fraction of sp³-hybridized carbons (Fsp3) is 0.500. The van der Waals surface area contributed by atoms with Gasteiger partial charge in [-0.05, 0) is 31.9 Å². The minimum atomic E-state index is -0.271. The molecule has 26 heavy (non-hydrogen) atoms. The summed E-state index contributed by atoms with van der Waals surface area (Å²) in [5.41, 5.74) is 0.950. The van der Waals surface area contributed by atoms with Crippen molar-refractivity contribution in [1.29, 1.82) is 0 Å². The Morgan fingerprint density at radius 3 is 2.77 bits per heavy atom. The SMILES string of the molecule is CCOC(=O)N1CCC(NC(=O)CN(C)c2nc3ccccc3s2)CC1.